The summed E-state index contributed by atoms with van der Waals surface area (Å²) in [5, 5.41) is 2.90. The topological polar surface area (TPSA) is 49.4 Å². The predicted octanol–water partition coefficient (Wildman–Crippen LogP) is -0.790. The Labute approximate surface area is 80.1 Å². The molecule has 72 valence electrons. The highest BCUT2D eigenvalue weighted by Crippen LogP contribution is 1.92. The van der Waals surface area contributed by atoms with Gasteiger partial charge in [0.2, 0.25) is 5.91 Å². The van der Waals surface area contributed by atoms with Crippen LogP contribution in [0.2, 0.25) is 6.32 Å². The molecule has 0 saturated carbocycles. The van der Waals surface area contributed by atoms with Gasteiger partial charge in [-0.25, -0.2) is 0 Å². The highest BCUT2D eigenvalue weighted by Gasteiger charge is 2.11. The third-order valence-electron chi connectivity index (χ3n) is 1.57. The van der Waals surface area contributed by atoms with E-state index in [1.165, 1.54) is 11.8 Å². The fraction of sp³-hybridized carbons (Fsp3) is 0.750. The van der Waals surface area contributed by atoms with E-state index in [-0.39, 0.29) is 24.6 Å². The molecule has 2 radical (unpaired) electrons. The minimum atomic E-state index is -0.189. The molecular weight excluding hydrogens is 167 g/mol. The minimum Gasteiger partial charge on any atom is -0.335 e. The monoisotopic (exact) mass is 182 g/mol. The first-order chi connectivity index (χ1) is 6.11. The van der Waals surface area contributed by atoms with Crippen molar-refractivity contribution in [2.24, 2.45) is 0 Å². The Morgan fingerprint density at radius 2 is 2.08 bits per heavy atom. The molecule has 0 bridgehead atoms. The molecule has 0 atom stereocenters. The van der Waals surface area contributed by atoms with Crippen LogP contribution in [0.3, 0.4) is 0 Å². The number of hydrogen-bond donors (Lipinski definition) is 1. The predicted molar refractivity (Wildman–Crippen MR) is 51.7 cm³/mol. The van der Waals surface area contributed by atoms with Crippen LogP contribution in [-0.4, -0.2) is 51.1 Å². The van der Waals surface area contributed by atoms with Crippen molar-refractivity contribution in [3.05, 3.63) is 0 Å². The van der Waals surface area contributed by atoms with Crippen molar-refractivity contribution in [2.75, 3.05) is 26.7 Å². The molecule has 0 fully saturated rings. The van der Waals surface area contributed by atoms with Gasteiger partial charge in [0.1, 0.15) is 5.78 Å². The molecular formula is C8H15BN2O2. The zero-order valence-electron chi connectivity index (χ0n) is 8.17. The average Bonchev–Trinajstić information content (AvgIpc) is 2.10. The molecule has 0 unspecified atom stereocenters. The highest BCUT2D eigenvalue weighted by molar-refractivity contribution is 6.19. The van der Waals surface area contributed by atoms with E-state index in [1.807, 2.05) is 0 Å². The maximum absolute atomic E-state index is 11.2. The maximum Gasteiger partial charge on any atom is 0.214 e. The summed E-state index contributed by atoms with van der Waals surface area (Å²) in [4.78, 5) is 23.4. The van der Waals surface area contributed by atoms with Crippen molar-refractivity contribution in [1.29, 1.82) is 0 Å². The summed E-state index contributed by atoms with van der Waals surface area (Å²) in [5.41, 5.74) is 0. The first-order valence-corrected chi connectivity index (χ1v) is 4.23. The van der Waals surface area contributed by atoms with Crippen LogP contribution >= 0.6 is 0 Å². The summed E-state index contributed by atoms with van der Waals surface area (Å²) < 4.78 is 0. The lowest BCUT2D eigenvalue weighted by molar-refractivity contribution is -0.132. The summed E-state index contributed by atoms with van der Waals surface area (Å²) in [6, 6.07) is 0. The Hall–Kier alpha value is -0.835. The van der Waals surface area contributed by atoms with Crippen molar-refractivity contribution in [2.45, 2.75) is 13.2 Å². The van der Waals surface area contributed by atoms with Gasteiger partial charge in [-0.3, -0.25) is 9.59 Å². The van der Waals surface area contributed by atoms with Gasteiger partial charge in [0, 0.05) is 13.1 Å². The normalized spacial score (nSPS) is 9.69. The molecule has 0 aliphatic carbocycles. The van der Waals surface area contributed by atoms with Gasteiger partial charge in [-0.2, -0.15) is 0 Å². The van der Waals surface area contributed by atoms with Crippen LogP contribution in [0.4, 0.5) is 0 Å². The molecule has 0 aromatic rings. The van der Waals surface area contributed by atoms with Crippen LogP contribution in [0.5, 0.6) is 0 Å². The molecule has 4 nitrogen and oxygen atoms in total. The molecule has 5 heteroatoms. The van der Waals surface area contributed by atoms with Crippen LogP contribution in [0.15, 0.2) is 0 Å². The summed E-state index contributed by atoms with van der Waals surface area (Å²) in [6.07, 6.45) is -0.0446. The fourth-order valence-electron chi connectivity index (χ4n) is 0.937. The second kappa shape index (κ2) is 6.66. The van der Waals surface area contributed by atoms with Gasteiger partial charge in [0.15, 0.2) is 0 Å². The Bertz CT molecular complexity index is 185. The quantitative estimate of drug-likeness (QED) is 0.547. The number of ketones is 1. The summed E-state index contributed by atoms with van der Waals surface area (Å²) in [7, 11) is 6.99. The number of Topliss-reactive ketones (excluding diaryl/α,β-unsaturated/α-hetero) is 1. The Morgan fingerprint density at radius 1 is 1.46 bits per heavy atom. The van der Waals surface area contributed by atoms with E-state index >= 15 is 0 Å². The lowest BCUT2D eigenvalue weighted by atomic mass is 10.0. The van der Waals surface area contributed by atoms with Gasteiger partial charge < -0.3 is 10.2 Å². The molecule has 1 amide bonds. The zero-order valence-corrected chi connectivity index (χ0v) is 8.17. The standard InChI is InChI=1S/C8H15BN2O2/c1-7(12)6-11(4-3-10-2)8(13)5-9/h10H,3-6H2,1-2H3. The third kappa shape index (κ3) is 5.41. The second-order valence-electron chi connectivity index (χ2n) is 2.82. The highest BCUT2D eigenvalue weighted by atomic mass is 16.2. The number of rotatable bonds is 6. The van der Waals surface area contributed by atoms with Crippen molar-refractivity contribution in [1.82, 2.24) is 10.2 Å². The molecule has 0 aromatic carbocycles. The molecule has 0 rings (SSSR count). The second-order valence-corrected chi connectivity index (χ2v) is 2.82. The Morgan fingerprint density at radius 3 is 2.46 bits per heavy atom. The molecule has 0 heterocycles. The molecule has 13 heavy (non-hydrogen) atoms. The van der Waals surface area contributed by atoms with E-state index in [0.29, 0.717) is 13.1 Å². The van der Waals surface area contributed by atoms with Crippen LogP contribution in [-0.2, 0) is 9.59 Å². The molecule has 1 N–H and O–H groups in total. The van der Waals surface area contributed by atoms with Crippen molar-refractivity contribution in [3.8, 4) is 0 Å². The first kappa shape index (κ1) is 12.2. The van der Waals surface area contributed by atoms with E-state index < -0.39 is 0 Å². The third-order valence-corrected chi connectivity index (χ3v) is 1.57. The van der Waals surface area contributed by atoms with Gasteiger partial charge in [-0.1, -0.05) is 0 Å². The molecule has 0 spiro atoms. The molecule has 0 saturated heterocycles. The van der Waals surface area contributed by atoms with Gasteiger partial charge >= 0.3 is 0 Å². The van der Waals surface area contributed by atoms with E-state index in [1.54, 1.807) is 7.05 Å². The maximum atomic E-state index is 11.2. The van der Waals surface area contributed by atoms with Crippen LogP contribution < -0.4 is 5.32 Å². The van der Waals surface area contributed by atoms with Crippen LogP contribution in [0.1, 0.15) is 6.92 Å². The van der Waals surface area contributed by atoms with E-state index in [4.69, 9.17) is 7.85 Å². The van der Waals surface area contributed by atoms with E-state index in [0.717, 1.165) is 0 Å². The van der Waals surface area contributed by atoms with E-state index in [9.17, 15) is 9.59 Å². The first-order valence-electron chi connectivity index (χ1n) is 4.23. The average molecular weight is 182 g/mol. The minimum absolute atomic E-state index is 0.0297. The lowest BCUT2D eigenvalue weighted by Gasteiger charge is -2.20. The van der Waals surface area contributed by atoms with Gasteiger partial charge in [0.05, 0.1) is 14.4 Å². The number of amides is 1. The summed E-state index contributed by atoms with van der Waals surface area (Å²) in [6.45, 7) is 2.79. The molecule has 0 aliphatic rings. The van der Waals surface area contributed by atoms with Crippen LogP contribution in [0.25, 0.3) is 0 Å². The van der Waals surface area contributed by atoms with Gasteiger partial charge in [0.25, 0.3) is 0 Å². The van der Waals surface area contributed by atoms with Crippen molar-refractivity contribution < 1.29 is 9.59 Å². The van der Waals surface area contributed by atoms with Gasteiger partial charge in [-0.05, 0) is 20.3 Å². The van der Waals surface area contributed by atoms with Crippen LogP contribution in [0, 0.1) is 0 Å². The molecule has 0 aromatic heterocycles. The number of carbonyl (C=O) groups excluding carboxylic acids is 2. The van der Waals surface area contributed by atoms with Gasteiger partial charge in [-0.15, -0.1) is 0 Å². The molecule has 0 aliphatic heterocycles. The zero-order chi connectivity index (χ0) is 10.3. The lowest BCUT2D eigenvalue weighted by Crippen LogP contribution is -2.38. The smallest absolute Gasteiger partial charge is 0.214 e. The number of likely N-dealkylation sites (N-methyl/N-ethyl adjacent to an activating group) is 1. The SMILES string of the molecule is [B]CC(=O)N(CCNC)CC(C)=O. The number of hydrogen-bond acceptors (Lipinski definition) is 3. The Balaban J connectivity index is 4.02. The Kier molecular flexibility index (Phi) is 6.23. The summed E-state index contributed by atoms with van der Waals surface area (Å²) in [5.74, 6) is -0.219. The number of carbonyl (C=O) groups is 2. The van der Waals surface area contributed by atoms with E-state index in [2.05, 4.69) is 5.32 Å². The largest absolute Gasteiger partial charge is 0.335 e. The number of nitrogens with zero attached hydrogens (tertiary/aromatic N) is 1. The summed E-state index contributed by atoms with van der Waals surface area (Å²) >= 11 is 0. The van der Waals surface area contributed by atoms with Crippen molar-refractivity contribution >= 4 is 19.5 Å². The number of nitrogens with one attached hydrogen (secondary N) is 1. The fourth-order valence-corrected chi connectivity index (χ4v) is 0.937. The van der Waals surface area contributed by atoms with Crippen molar-refractivity contribution in [3.63, 3.8) is 0 Å².